The third-order valence-electron chi connectivity index (χ3n) is 3.81. The molecular weight excluding hydrogens is 232 g/mol. The molecule has 2 aliphatic rings. The van der Waals surface area contributed by atoms with Gasteiger partial charge in [-0.25, -0.2) is 9.67 Å². The van der Waals surface area contributed by atoms with Crippen molar-refractivity contribution in [1.29, 1.82) is 0 Å². The van der Waals surface area contributed by atoms with Crippen LogP contribution in [-0.4, -0.2) is 38.4 Å². The van der Waals surface area contributed by atoms with E-state index in [0.29, 0.717) is 18.3 Å². The molecule has 2 unspecified atom stereocenters. The van der Waals surface area contributed by atoms with Crippen LogP contribution in [0.4, 0.5) is 0 Å². The number of carboxylic acids is 1. The first-order valence-electron chi connectivity index (χ1n) is 6.64. The zero-order valence-electron chi connectivity index (χ0n) is 10.3. The maximum Gasteiger partial charge on any atom is 0.314 e. The average molecular weight is 250 g/mol. The maximum atomic E-state index is 11.2. The van der Waals surface area contributed by atoms with E-state index in [0.717, 1.165) is 38.2 Å². The van der Waals surface area contributed by atoms with Crippen molar-refractivity contribution < 1.29 is 9.90 Å². The van der Waals surface area contributed by atoms with Gasteiger partial charge >= 0.3 is 5.97 Å². The molecule has 0 saturated carbocycles. The predicted octanol–water partition coefficient (Wildman–Crippen LogP) is 0.535. The molecule has 0 amide bonds. The van der Waals surface area contributed by atoms with E-state index in [9.17, 15) is 9.90 Å². The lowest BCUT2D eigenvalue weighted by Gasteiger charge is -2.17. The van der Waals surface area contributed by atoms with Gasteiger partial charge in [-0.1, -0.05) is 0 Å². The second-order valence-electron chi connectivity index (χ2n) is 5.14. The summed E-state index contributed by atoms with van der Waals surface area (Å²) in [6, 6.07) is 0.456. The summed E-state index contributed by atoms with van der Waals surface area (Å²) in [5.74, 6) is 0.171. The van der Waals surface area contributed by atoms with Crippen molar-refractivity contribution in [2.75, 3.05) is 6.54 Å². The highest BCUT2D eigenvalue weighted by atomic mass is 16.4. The Labute approximate surface area is 105 Å². The molecule has 0 aliphatic carbocycles. The molecule has 0 radical (unpaired) electrons. The molecule has 98 valence electrons. The lowest BCUT2D eigenvalue weighted by molar-refractivity contribution is -0.139. The van der Waals surface area contributed by atoms with E-state index in [1.54, 1.807) is 4.68 Å². The van der Waals surface area contributed by atoms with E-state index in [-0.39, 0.29) is 0 Å². The Bertz CT molecular complexity index is 451. The number of nitrogens with one attached hydrogen (secondary N) is 1. The minimum absolute atomic E-state index is 0.456. The smallest absolute Gasteiger partial charge is 0.314 e. The van der Waals surface area contributed by atoms with Gasteiger partial charge in [0.05, 0.1) is 0 Å². The molecule has 18 heavy (non-hydrogen) atoms. The highest BCUT2D eigenvalue weighted by Gasteiger charge is 2.30. The molecule has 2 N–H and O–H groups in total. The van der Waals surface area contributed by atoms with Crippen molar-refractivity contribution in [2.45, 2.75) is 50.6 Å². The summed E-state index contributed by atoms with van der Waals surface area (Å²) in [6.45, 7) is 1.86. The van der Waals surface area contributed by atoms with E-state index in [4.69, 9.17) is 0 Å². The third kappa shape index (κ3) is 2.12. The van der Waals surface area contributed by atoms with Crippen LogP contribution < -0.4 is 5.32 Å². The van der Waals surface area contributed by atoms with Gasteiger partial charge in [-0.3, -0.25) is 4.79 Å². The zero-order valence-corrected chi connectivity index (χ0v) is 10.3. The molecule has 2 aliphatic heterocycles. The number of aromatic nitrogens is 3. The fourth-order valence-corrected chi connectivity index (χ4v) is 2.87. The van der Waals surface area contributed by atoms with Crippen molar-refractivity contribution in [3.05, 3.63) is 11.6 Å². The Morgan fingerprint density at radius 3 is 3.06 bits per heavy atom. The summed E-state index contributed by atoms with van der Waals surface area (Å²) in [7, 11) is 0. The van der Waals surface area contributed by atoms with Gasteiger partial charge in [0.25, 0.3) is 0 Å². The van der Waals surface area contributed by atoms with Crippen LogP contribution in [0, 0.1) is 0 Å². The maximum absolute atomic E-state index is 11.2. The van der Waals surface area contributed by atoms with Crippen molar-refractivity contribution >= 4 is 5.97 Å². The first kappa shape index (κ1) is 11.6. The van der Waals surface area contributed by atoms with Gasteiger partial charge in [0.1, 0.15) is 11.7 Å². The molecule has 6 heteroatoms. The second kappa shape index (κ2) is 4.68. The van der Waals surface area contributed by atoms with Crippen LogP contribution in [0.25, 0.3) is 0 Å². The molecule has 0 spiro atoms. The zero-order chi connectivity index (χ0) is 12.5. The number of carbonyl (C=O) groups is 1. The Kier molecular flexibility index (Phi) is 3.03. The molecular formula is C12H18N4O2. The van der Waals surface area contributed by atoms with Crippen LogP contribution >= 0.6 is 0 Å². The minimum Gasteiger partial charge on any atom is -0.481 e. The Balaban J connectivity index is 1.79. The molecule has 6 nitrogen and oxygen atoms in total. The van der Waals surface area contributed by atoms with Gasteiger partial charge in [-0.2, -0.15) is 5.10 Å². The number of aryl methyl sites for hydroxylation is 1. The molecule has 0 bridgehead atoms. The summed E-state index contributed by atoms with van der Waals surface area (Å²) >= 11 is 0. The summed E-state index contributed by atoms with van der Waals surface area (Å²) in [6.07, 6.45) is 4.72. The Morgan fingerprint density at radius 1 is 1.44 bits per heavy atom. The number of carboxylic acid groups (broad SMARTS) is 1. The molecule has 1 fully saturated rings. The number of hydrogen-bond donors (Lipinski definition) is 2. The number of aliphatic carboxylic acids is 1. The van der Waals surface area contributed by atoms with Gasteiger partial charge in [0.2, 0.25) is 0 Å². The van der Waals surface area contributed by atoms with Crippen LogP contribution in [0.3, 0.4) is 0 Å². The van der Waals surface area contributed by atoms with Crippen LogP contribution in [0.5, 0.6) is 0 Å². The average Bonchev–Trinajstić information content (AvgIpc) is 2.96. The lowest BCUT2D eigenvalue weighted by atomic mass is 10.00. The summed E-state index contributed by atoms with van der Waals surface area (Å²) in [4.78, 5) is 15.6. The van der Waals surface area contributed by atoms with E-state index in [2.05, 4.69) is 15.4 Å². The first-order valence-corrected chi connectivity index (χ1v) is 6.64. The van der Waals surface area contributed by atoms with Crippen LogP contribution in [-0.2, 0) is 17.8 Å². The monoisotopic (exact) mass is 250 g/mol. The van der Waals surface area contributed by atoms with Gasteiger partial charge in [0, 0.05) is 19.0 Å². The molecule has 1 aromatic rings. The SMILES string of the molecule is O=C(O)C1CCCn2nc(CC3CCCN3)nc21. The first-order chi connectivity index (χ1) is 8.74. The molecule has 1 aromatic heterocycles. The Morgan fingerprint density at radius 2 is 2.33 bits per heavy atom. The van der Waals surface area contributed by atoms with Gasteiger partial charge in [-0.15, -0.1) is 0 Å². The minimum atomic E-state index is -0.783. The summed E-state index contributed by atoms with van der Waals surface area (Å²) < 4.78 is 1.78. The van der Waals surface area contributed by atoms with Crippen LogP contribution in [0.15, 0.2) is 0 Å². The number of nitrogens with zero attached hydrogens (tertiary/aromatic N) is 3. The summed E-state index contributed by atoms with van der Waals surface area (Å²) in [5, 5.41) is 17.0. The van der Waals surface area contributed by atoms with Crippen LogP contribution in [0.1, 0.15) is 43.3 Å². The normalized spacial score (nSPS) is 27.1. The fourth-order valence-electron chi connectivity index (χ4n) is 2.87. The van der Waals surface area contributed by atoms with E-state index >= 15 is 0 Å². The molecule has 3 rings (SSSR count). The van der Waals surface area contributed by atoms with Crippen molar-refractivity contribution in [3.8, 4) is 0 Å². The van der Waals surface area contributed by atoms with Gasteiger partial charge in [-0.05, 0) is 32.2 Å². The topological polar surface area (TPSA) is 80.0 Å². The van der Waals surface area contributed by atoms with Crippen molar-refractivity contribution in [2.24, 2.45) is 0 Å². The van der Waals surface area contributed by atoms with E-state index in [1.165, 1.54) is 6.42 Å². The third-order valence-corrected chi connectivity index (χ3v) is 3.81. The van der Waals surface area contributed by atoms with E-state index < -0.39 is 11.9 Å². The predicted molar refractivity (Wildman–Crippen MR) is 64.4 cm³/mol. The fraction of sp³-hybridized carbons (Fsp3) is 0.750. The van der Waals surface area contributed by atoms with Gasteiger partial charge < -0.3 is 10.4 Å². The van der Waals surface area contributed by atoms with Crippen LogP contribution in [0.2, 0.25) is 0 Å². The lowest BCUT2D eigenvalue weighted by Crippen LogP contribution is -2.24. The molecule has 3 heterocycles. The molecule has 0 aromatic carbocycles. The molecule has 2 atom stereocenters. The summed E-state index contributed by atoms with van der Waals surface area (Å²) in [5.41, 5.74) is 0. The Hall–Kier alpha value is -1.43. The van der Waals surface area contributed by atoms with Gasteiger partial charge in [0.15, 0.2) is 5.82 Å². The van der Waals surface area contributed by atoms with E-state index in [1.807, 2.05) is 0 Å². The second-order valence-corrected chi connectivity index (χ2v) is 5.14. The standard InChI is InChI=1S/C12H18N4O2/c17-12(18)9-4-2-6-16-11(9)14-10(15-16)7-8-3-1-5-13-8/h8-9,13H,1-7H2,(H,17,18). The highest BCUT2D eigenvalue weighted by Crippen LogP contribution is 2.26. The van der Waals surface area contributed by atoms with Crippen molar-refractivity contribution in [1.82, 2.24) is 20.1 Å². The quantitative estimate of drug-likeness (QED) is 0.818. The highest BCUT2D eigenvalue weighted by molar-refractivity contribution is 5.75. The number of rotatable bonds is 3. The largest absolute Gasteiger partial charge is 0.481 e. The molecule has 1 saturated heterocycles. The van der Waals surface area contributed by atoms with Crippen molar-refractivity contribution in [3.63, 3.8) is 0 Å². The number of fused-ring (bicyclic) bond motifs is 1. The number of hydrogen-bond acceptors (Lipinski definition) is 4.